The molecule has 0 saturated carbocycles. The molecule has 0 amide bonds. The molecular formula is C15H25NO3. The summed E-state index contributed by atoms with van der Waals surface area (Å²) in [6.45, 7) is 7.00. The van der Waals surface area contributed by atoms with Gasteiger partial charge in [0.1, 0.15) is 5.75 Å². The lowest BCUT2D eigenvalue weighted by Crippen LogP contribution is -2.39. The summed E-state index contributed by atoms with van der Waals surface area (Å²) >= 11 is 0. The highest BCUT2D eigenvalue weighted by Gasteiger charge is 2.20. The molecular weight excluding hydrogens is 242 g/mol. The van der Waals surface area contributed by atoms with Crippen molar-refractivity contribution in [3.8, 4) is 5.75 Å². The van der Waals surface area contributed by atoms with Crippen LogP contribution in [0.25, 0.3) is 0 Å². The molecule has 3 atom stereocenters. The fraction of sp³-hybridized carbons (Fsp3) is 0.600. The molecule has 19 heavy (non-hydrogen) atoms. The van der Waals surface area contributed by atoms with Crippen molar-refractivity contribution < 1.29 is 14.9 Å². The van der Waals surface area contributed by atoms with Gasteiger partial charge in [0, 0.05) is 12.6 Å². The molecule has 0 saturated heterocycles. The number of rotatable bonds is 7. The smallest absolute Gasteiger partial charge is 0.119 e. The second kappa shape index (κ2) is 7.48. The molecule has 1 rings (SSSR count). The van der Waals surface area contributed by atoms with Gasteiger partial charge in [0.2, 0.25) is 0 Å². The zero-order valence-corrected chi connectivity index (χ0v) is 12.2. The molecule has 3 unspecified atom stereocenters. The summed E-state index contributed by atoms with van der Waals surface area (Å²) < 4.78 is 5.23. The first-order valence-corrected chi connectivity index (χ1v) is 6.73. The van der Waals surface area contributed by atoms with Crippen LogP contribution in [0.5, 0.6) is 5.75 Å². The van der Waals surface area contributed by atoms with Gasteiger partial charge >= 0.3 is 0 Å². The highest BCUT2D eigenvalue weighted by Crippen LogP contribution is 2.24. The average molecular weight is 267 g/mol. The second-order valence-corrected chi connectivity index (χ2v) is 4.85. The summed E-state index contributed by atoms with van der Waals surface area (Å²) in [6, 6.07) is 8.08. The fourth-order valence-corrected chi connectivity index (χ4v) is 2.07. The maximum absolute atomic E-state index is 9.81. The summed E-state index contributed by atoms with van der Waals surface area (Å²) in [5, 5.41) is 19.2. The molecule has 108 valence electrons. The van der Waals surface area contributed by atoms with E-state index in [4.69, 9.17) is 4.74 Å². The van der Waals surface area contributed by atoms with E-state index in [1.165, 1.54) is 0 Å². The van der Waals surface area contributed by atoms with Gasteiger partial charge in [0.15, 0.2) is 0 Å². The van der Waals surface area contributed by atoms with Gasteiger partial charge in [-0.2, -0.15) is 0 Å². The van der Waals surface area contributed by atoms with Gasteiger partial charge in [-0.1, -0.05) is 19.1 Å². The number of hydrogen-bond donors (Lipinski definition) is 2. The number of likely N-dealkylation sites (N-methyl/N-ethyl adjacent to an activating group) is 1. The molecule has 0 bridgehead atoms. The number of aliphatic hydroxyl groups is 2. The van der Waals surface area contributed by atoms with E-state index in [0.29, 0.717) is 6.54 Å². The van der Waals surface area contributed by atoms with E-state index in [9.17, 15) is 10.2 Å². The first-order chi connectivity index (χ1) is 8.99. The van der Waals surface area contributed by atoms with Crippen molar-refractivity contribution in [3.05, 3.63) is 29.8 Å². The Morgan fingerprint density at radius 1 is 1.26 bits per heavy atom. The summed E-state index contributed by atoms with van der Waals surface area (Å²) in [6.07, 6.45) is -1.44. The van der Waals surface area contributed by atoms with Gasteiger partial charge in [-0.05, 0) is 38.1 Å². The van der Waals surface area contributed by atoms with Gasteiger partial charge < -0.3 is 14.9 Å². The monoisotopic (exact) mass is 267 g/mol. The topological polar surface area (TPSA) is 52.9 Å². The Hall–Kier alpha value is -1.10. The van der Waals surface area contributed by atoms with Gasteiger partial charge in [0.05, 0.1) is 19.3 Å². The van der Waals surface area contributed by atoms with Gasteiger partial charge in [-0.3, -0.25) is 4.90 Å². The van der Waals surface area contributed by atoms with E-state index in [1.54, 1.807) is 14.0 Å². The zero-order chi connectivity index (χ0) is 14.4. The summed E-state index contributed by atoms with van der Waals surface area (Å²) in [7, 11) is 1.65. The van der Waals surface area contributed by atoms with E-state index in [1.807, 2.05) is 31.2 Å². The summed E-state index contributed by atoms with van der Waals surface area (Å²) in [5.41, 5.74) is 1.14. The van der Waals surface area contributed by atoms with Crippen molar-refractivity contribution in [2.45, 2.75) is 39.0 Å². The standard InChI is InChI=1S/C15H25NO3/c1-5-16(10-15(18)12(3)17)11(2)13-7-6-8-14(9-13)19-4/h6-9,11-12,15,17-18H,5,10H2,1-4H3. The zero-order valence-electron chi connectivity index (χ0n) is 12.2. The van der Waals surface area contributed by atoms with Crippen molar-refractivity contribution >= 4 is 0 Å². The number of aliphatic hydroxyl groups excluding tert-OH is 2. The van der Waals surface area contributed by atoms with Crippen LogP contribution >= 0.6 is 0 Å². The molecule has 0 heterocycles. The fourth-order valence-electron chi connectivity index (χ4n) is 2.07. The number of ether oxygens (including phenoxy) is 1. The lowest BCUT2D eigenvalue weighted by atomic mass is 10.1. The largest absolute Gasteiger partial charge is 0.497 e. The molecule has 0 radical (unpaired) electrons. The Kier molecular flexibility index (Phi) is 6.28. The Morgan fingerprint density at radius 3 is 2.47 bits per heavy atom. The van der Waals surface area contributed by atoms with E-state index in [-0.39, 0.29) is 6.04 Å². The molecule has 0 spiro atoms. The number of nitrogens with zero attached hydrogens (tertiary/aromatic N) is 1. The maximum atomic E-state index is 9.81. The predicted molar refractivity (Wildman–Crippen MR) is 76.3 cm³/mol. The molecule has 1 aromatic carbocycles. The van der Waals surface area contributed by atoms with Crippen LogP contribution in [0.3, 0.4) is 0 Å². The molecule has 1 aromatic rings. The highest BCUT2D eigenvalue weighted by atomic mass is 16.5. The van der Waals surface area contributed by atoms with Crippen LogP contribution < -0.4 is 4.74 Å². The van der Waals surface area contributed by atoms with Gasteiger partial charge in [-0.25, -0.2) is 0 Å². The van der Waals surface area contributed by atoms with Crippen LogP contribution in [0, 0.1) is 0 Å². The van der Waals surface area contributed by atoms with E-state index < -0.39 is 12.2 Å². The summed E-state index contributed by atoms with van der Waals surface area (Å²) in [5.74, 6) is 0.830. The van der Waals surface area contributed by atoms with Crippen LogP contribution in [-0.2, 0) is 0 Å². The SMILES string of the molecule is CCN(CC(O)C(C)O)C(C)c1cccc(OC)c1. The Morgan fingerprint density at radius 2 is 1.95 bits per heavy atom. The molecule has 0 aliphatic carbocycles. The molecule has 4 heteroatoms. The Bertz CT molecular complexity index is 381. The van der Waals surface area contributed by atoms with Crippen molar-refractivity contribution in [2.75, 3.05) is 20.2 Å². The molecule has 0 aliphatic rings. The van der Waals surface area contributed by atoms with E-state index in [0.717, 1.165) is 17.9 Å². The van der Waals surface area contributed by atoms with Crippen LogP contribution in [0.4, 0.5) is 0 Å². The predicted octanol–water partition coefficient (Wildman–Crippen LogP) is 1.82. The molecule has 0 aromatic heterocycles. The third-order valence-electron chi connectivity index (χ3n) is 3.51. The van der Waals surface area contributed by atoms with Crippen LogP contribution in [0.1, 0.15) is 32.4 Å². The van der Waals surface area contributed by atoms with Crippen LogP contribution in [-0.4, -0.2) is 47.5 Å². The van der Waals surface area contributed by atoms with Crippen molar-refractivity contribution in [1.29, 1.82) is 0 Å². The summed E-state index contributed by atoms with van der Waals surface area (Å²) in [4.78, 5) is 2.13. The van der Waals surface area contributed by atoms with Gasteiger partial charge in [-0.15, -0.1) is 0 Å². The van der Waals surface area contributed by atoms with Gasteiger partial charge in [0.25, 0.3) is 0 Å². The van der Waals surface area contributed by atoms with Crippen LogP contribution in [0.15, 0.2) is 24.3 Å². The third kappa shape index (κ3) is 4.49. The minimum Gasteiger partial charge on any atom is -0.497 e. The lowest BCUT2D eigenvalue weighted by molar-refractivity contribution is 0.00105. The molecule has 0 fully saturated rings. The maximum Gasteiger partial charge on any atom is 0.119 e. The Balaban J connectivity index is 2.79. The minimum atomic E-state index is -0.729. The third-order valence-corrected chi connectivity index (χ3v) is 3.51. The first kappa shape index (κ1) is 16.0. The normalized spacial score (nSPS) is 16.2. The molecule has 2 N–H and O–H groups in total. The van der Waals surface area contributed by atoms with Crippen molar-refractivity contribution in [1.82, 2.24) is 4.90 Å². The second-order valence-electron chi connectivity index (χ2n) is 4.85. The first-order valence-electron chi connectivity index (χ1n) is 6.73. The molecule has 0 aliphatic heterocycles. The quantitative estimate of drug-likeness (QED) is 0.791. The minimum absolute atomic E-state index is 0.161. The van der Waals surface area contributed by atoms with E-state index >= 15 is 0 Å². The van der Waals surface area contributed by atoms with Crippen molar-refractivity contribution in [2.24, 2.45) is 0 Å². The van der Waals surface area contributed by atoms with Crippen molar-refractivity contribution in [3.63, 3.8) is 0 Å². The highest BCUT2D eigenvalue weighted by molar-refractivity contribution is 5.30. The number of methoxy groups -OCH3 is 1. The Labute approximate surface area is 115 Å². The van der Waals surface area contributed by atoms with E-state index in [2.05, 4.69) is 11.8 Å². The lowest BCUT2D eigenvalue weighted by Gasteiger charge is -2.31. The molecule has 4 nitrogen and oxygen atoms in total. The number of hydrogen-bond acceptors (Lipinski definition) is 4. The van der Waals surface area contributed by atoms with Crippen LogP contribution in [0.2, 0.25) is 0 Å². The average Bonchev–Trinajstić information content (AvgIpc) is 2.43. The number of benzene rings is 1.